The fourth-order valence-electron chi connectivity index (χ4n) is 2.23. The zero-order valence-electron chi connectivity index (χ0n) is 11.6. The van der Waals surface area contributed by atoms with Crippen molar-refractivity contribution >= 4 is 15.9 Å². The molecule has 0 atom stereocenters. The average Bonchev–Trinajstić information content (AvgIpc) is 3.31. The first kappa shape index (κ1) is 14.5. The van der Waals surface area contributed by atoms with E-state index in [0.717, 1.165) is 12.8 Å². The fraction of sp³-hybridized carbons (Fsp3) is 0.500. The summed E-state index contributed by atoms with van der Waals surface area (Å²) in [5.74, 6) is -0.151. The van der Waals surface area contributed by atoms with Gasteiger partial charge in [-0.2, -0.15) is 0 Å². The highest BCUT2D eigenvalue weighted by Gasteiger charge is 2.28. The van der Waals surface area contributed by atoms with E-state index in [4.69, 9.17) is 4.74 Å². The van der Waals surface area contributed by atoms with Crippen LogP contribution in [0.3, 0.4) is 0 Å². The number of ether oxygens (including phenoxy) is 1. The molecule has 0 radical (unpaired) electrons. The second kappa shape index (κ2) is 5.75. The highest BCUT2D eigenvalue weighted by molar-refractivity contribution is 7.89. The molecule has 1 aromatic carbocycles. The third-order valence-electron chi connectivity index (χ3n) is 3.59. The van der Waals surface area contributed by atoms with Gasteiger partial charge in [-0.05, 0) is 31.0 Å². The van der Waals surface area contributed by atoms with E-state index in [1.807, 2.05) is 0 Å². The number of carbonyl (C=O) groups is 1. The van der Waals surface area contributed by atoms with Crippen molar-refractivity contribution in [3.8, 4) is 0 Å². The zero-order chi connectivity index (χ0) is 14.9. The highest BCUT2D eigenvalue weighted by Crippen LogP contribution is 2.22. The summed E-state index contributed by atoms with van der Waals surface area (Å²) in [5, 5.41) is 0. The van der Waals surface area contributed by atoms with Crippen LogP contribution in [0.1, 0.15) is 23.2 Å². The molecule has 0 aromatic heterocycles. The van der Waals surface area contributed by atoms with E-state index in [1.165, 1.54) is 12.1 Å². The highest BCUT2D eigenvalue weighted by atomic mass is 32.2. The van der Waals surface area contributed by atoms with Gasteiger partial charge in [0.25, 0.3) is 5.91 Å². The van der Waals surface area contributed by atoms with Crippen molar-refractivity contribution in [2.75, 3.05) is 26.3 Å². The average molecular weight is 310 g/mol. The molecule has 1 amide bonds. The molecule has 0 unspecified atom stereocenters. The smallest absolute Gasteiger partial charge is 0.254 e. The van der Waals surface area contributed by atoms with Crippen LogP contribution in [0.4, 0.5) is 0 Å². The van der Waals surface area contributed by atoms with Gasteiger partial charge in [0.15, 0.2) is 0 Å². The first-order valence-electron chi connectivity index (χ1n) is 7.06. The summed E-state index contributed by atoms with van der Waals surface area (Å²) in [6, 6.07) is 6.26. The van der Waals surface area contributed by atoms with Gasteiger partial charge in [-0.25, -0.2) is 13.1 Å². The molecule has 0 spiro atoms. The molecule has 6 nitrogen and oxygen atoms in total. The van der Waals surface area contributed by atoms with Crippen molar-refractivity contribution in [1.29, 1.82) is 0 Å². The number of benzene rings is 1. The van der Waals surface area contributed by atoms with Crippen LogP contribution < -0.4 is 4.72 Å². The largest absolute Gasteiger partial charge is 0.378 e. The quantitative estimate of drug-likeness (QED) is 0.883. The maximum absolute atomic E-state index is 12.4. The Kier molecular flexibility index (Phi) is 3.97. The van der Waals surface area contributed by atoms with Crippen LogP contribution in [0.25, 0.3) is 0 Å². The second-order valence-electron chi connectivity index (χ2n) is 5.33. The first-order valence-corrected chi connectivity index (χ1v) is 8.54. The Morgan fingerprint density at radius 2 is 1.95 bits per heavy atom. The Balaban J connectivity index is 1.80. The van der Waals surface area contributed by atoms with E-state index < -0.39 is 10.0 Å². The zero-order valence-corrected chi connectivity index (χ0v) is 12.4. The molecule has 1 aromatic rings. The van der Waals surface area contributed by atoms with Crippen LogP contribution in [0.15, 0.2) is 29.2 Å². The summed E-state index contributed by atoms with van der Waals surface area (Å²) in [7, 11) is -3.53. The van der Waals surface area contributed by atoms with Crippen LogP contribution in [0.5, 0.6) is 0 Å². The predicted octanol–water partition coefficient (Wildman–Crippen LogP) is 0.600. The number of sulfonamides is 1. The van der Waals surface area contributed by atoms with E-state index in [-0.39, 0.29) is 16.8 Å². The number of nitrogens with one attached hydrogen (secondary N) is 1. The molecule has 2 fully saturated rings. The summed E-state index contributed by atoms with van der Waals surface area (Å²) in [4.78, 5) is 14.2. The van der Waals surface area contributed by atoms with Gasteiger partial charge in [0, 0.05) is 24.7 Å². The second-order valence-corrected chi connectivity index (χ2v) is 7.04. The number of carbonyl (C=O) groups excluding carboxylic acids is 1. The lowest BCUT2D eigenvalue weighted by Gasteiger charge is -2.27. The third kappa shape index (κ3) is 3.42. The molecule has 0 bridgehead atoms. The van der Waals surface area contributed by atoms with E-state index in [9.17, 15) is 13.2 Å². The molecule has 1 saturated heterocycles. The van der Waals surface area contributed by atoms with Crippen molar-refractivity contribution in [2.24, 2.45) is 0 Å². The lowest BCUT2D eigenvalue weighted by atomic mass is 10.2. The third-order valence-corrected chi connectivity index (χ3v) is 5.11. The Bertz CT molecular complexity index is 634. The van der Waals surface area contributed by atoms with Crippen LogP contribution in [0, 0.1) is 0 Å². The Hall–Kier alpha value is -1.44. The molecular formula is C14H18N2O4S. The van der Waals surface area contributed by atoms with Crippen LogP contribution in [0.2, 0.25) is 0 Å². The molecule has 1 aliphatic carbocycles. The Morgan fingerprint density at radius 1 is 1.24 bits per heavy atom. The Morgan fingerprint density at radius 3 is 2.62 bits per heavy atom. The molecule has 2 aliphatic rings. The van der Waals surface area contributed by atoms with Crippen molar-refractivity contribution in [3.63, 3.8) is 0 Å². The van der Waals surface area contributed by atoms with Gasteiger partial charge in [-0.3, -0.25) is 4.79 Å². The van der Waals surface area contributed by atoms with Crippen molar-refractivity contribution in [3.05, 3.63) is 29.8 Å². The van der Waals surface area contributed by atoms with Gasteiger partial charge in [-0.1, -0.05) is 6.07 Å². The number of hydrogen-bond acceptors (Lipinski definition) is 4. The van der Waals surface area contributed by atoms with E-state index in [2.05, 4.69) is 4.72 Å². The summed E-state index contributed by atoms with van der Waals surface area (Å²) >= 11 is 0. The van der Waals surface area contributed by atoms with E-state index in [1.54, 1.807) is 17.0 Å². The van der Waals surface area contributed by atoms with Crippen LogP contribution >= 0.6 is 0 Å². The molecule has 3 rings (SSSR count). The lowest BCUT2D eigenvalue weighted by Crippen LogP contribution is -2.40. The minimum absolute atomic E-state index is 0.0496. The van der Waals surface area contributed by atoms with Crippen LogP contribution in [-0.2, 0) is 14.8 Å². The molecule has 1 aliphatic heterocycles. The minimum atomic E-state index is -3.53. The standard InChI is InChI=1S/C14H18N2O4S/c17-14(16-6-8-20-9-7-16)11-2-1-3-13(10-11)21(18,19)15-12-4-5-12/h1-3,10,12,15H,4-9H2. The maximum atomic E-state index is 12.4. The number of nitrogens with zero attached hydrogens (tertiary/aromatic N) is 1. The van der Waals surface area contributed by atoms with Crippen molar-refractivity contribution in [1.82, 2.24) is 9.62 Å². The first-order chi connectivity index (χ1) is 10.1. The maximum Gasteiger partial charge on any atom is 0.254 e. The van der Waals surface area contributed by atoms with Crippen molar-refractivity contribution < 1.29 is 17.9 Å². The minimum Gasteiger partial charge on any atom is -0.378 e. The summed E-state index contributed by atoms with van der Waals surface area (Å²) < 4.78 is 32.2. The molecule has 114 valence electrons. The molecule has 1 saturated carbocycles. The lowest BCUT2D eigenvalue weighted by molar-refractivity contribution is 0.0302. The monoisotopic (exact) mass is 310 g/mol. The SMILES string of the molecule is O=C(c1cccc(S(=O)(=O)NC2CC2)c1)N1CCOCC1. The summed E-state index contributed by atoms with van der Waals surface area (Å²) in [6.07, 6.45) is 1.76. The van der Waals surface area contributed by atoms with Gasteiger partial charge in [0.05, 0.1) is 18.1 Å². The number of hydrogen-bond donors (Lipinski definition) is 1. The molecule has 1 N–H and O–H groups in total. The van der Waals surface area contributed by atoms with Crippen LogP contribution in [-0.4, -0.2) is 51.6 Å². The van der Waals surface area contributed by atoms with E-state index in [0.29, 0.717) is 31.9 Å². The fourth-order valence-corrected chi connectivity index (χ4v) is 3.58. The van der Waals surface area contributed by atoms with Gasteiger partial charge in [0.2, 0.25) is 10.0 Å². The van der Waals surface area contributed by atoms with Gasteiger partial charge < -0.3 is 9.64 Å². The normalized spacial score (nSPS) is 19.5. The molecule has 1 heterocycles. The number of amides is 1. The van der Waals surface area contributed by atoms with Gasteiger partial charge in [-0.15, -0.1) is 0 Å². The number of rotatable bonds is 4. The van der Waals surface area contributed by atoms with Crippen molar-refractivity contribution in [2.45, 2.75) is 23.8 Å². The number of morpholine rings is 1. The van der Waals surface area contributed by atoms with Gasteiger partial charge in [0.1, 0.15) is 0 Å². The predicted molar refractivity (Wildman–Crippen MR) is 76.5 cm³/mol. The summed E-state index contributed by atoms with van der Waals surface area (Å²) in [5.41, 5.74) is 0.399. The Labute approximate surface area is 124 Å². The molecule has 7 heteroatoms. The molecule has 21 heavy (non-hydrogen) atoms. The topological polar surface area (TPSA) is 75.7 Å². The van der Waals surface area contributed by atoms with Gasteiger partial charge >= 0.3 is 0 Å². The van der Waals surface area contributed by atoms with E-state index >= 15 is 0 Å². The molecular weight excluding hydrogens is 292 g/mol. The summed E-state index contributed by atoms with van der Waals surface area (Å²) in [6.45, 7) is 2.12.